The summed E-state index contributed by atoms with van der Waals surface area (Å²) in [4.78, 5) is 5.03. The Morgan fingerprint density at radius 1 is 1.45 bits per heavy atom. The zero-order valence-corrected chi connectivity index (χ0v) is 12.3. The molecular weight excluding hydrogens is 279 g/mol. The Hall–Kier alpha value is -1.44. The molecule has 0 unspecified atom stereocenters. The van der Waals surface area contributed by atoms with Gasteiger partial charge in [-0.3, -0.25) is 5.10 Å². The van der Waals surface area contributed by atoms with Crippen LogP contribution in [0.1, 0.15) is 11.4 Å². The molecule has 0 spiro atoms. The predicted octanol–water partition coefficient (Wildman–Crippen LogP) is 2.14. The maximum atomic E-state index is 13.9. The van der Waals surface area contributed by atoms with E-state index in [9.17, 15) is 4.39 Å². The first-order valence-electron chi connectivity index (χ1n) is 6.24. The molecule has 5 nitrogen and oxygen atoms in total. The predicted molar refractivity (Wildman–Crippen MR) is 75.2 cm³/mol. The topological polar surface area (TPSA) is 62.8 Å². The van der Waals surface area contributed by atoms with Gasteiger partial charge < -0.3 is 10.1 Å². The lowest BCUT2D eigenvalue weighted by Gasteiger charge is -2.10. The third kappa shape index (κ3) is 4.03. The van der Waals surface area contributed by atoms with Gasteiger partial charge in [0.05, 0.1) is 6.61 Å². The third-order valence-corrected chi connectivity index (χ3v) is 3.61. The smallest absolute Gasteiger partial charge is 0.213 e. The van der Waals surface area contributed by atoms with Crippen molar-refractivity contribution < 1.29 is 9.13 Å². The molecule has 0 saturated carbocycles. The van der Waals surface area contributed by atoms with Crippen molar-refractivity contribution in [2.24, 2.45) is 0 Å². The van der Waals surface area contributed by atoms with Crippen LogP contribution in [0.3, 0.4) is 0 Å². The zero-order chi connectivity index (χ0) is 14.4. The van der Waals surface area contributed by atoms with E-state index >= 15 is 0 Å². The van der Waals surface area contributed by atoms with Crippen molar-refractivity contribution in [3.8, 4) is 0 Å². The van der Waals surface area contributed by atoms with Gasteiger partial charge in [0, 0.05) is 30.7 Å². The molecule has 108 valence electrons. The van der Waals surface area contributed by atoms with E-state index in [0.29, 0.717) is 30.4 Å². The Morgan fingerprint density at radius 3 is 3.00 bits per heavy atom. The molecule has 2 N–H and O–H groups in total. The SMILES string of the molecule is COCCNCc1c(F)cccc1Sc1n[nH]c(C)n1. The summed E-state index contributed by atoms with van der Waals surface area (Å²) < 4.78 is 18.9. The normalized spacial score (nSPS) is 10.9. The molecule has 20 heavy (non-hydrogen) atoms. The van der Waals surface area contributed by atoms with Crippen LogP contribution in [0, 0.1) is 12.7 Å². The number of methoxy groups -OCH3 is 1. The number of benzene rings is 1. The molecule has 0 aliphatic rings. The molecular formula is C13H17FN4OS. The number of hydrogen-bond acceptors (Lipinski definition) is 5. The minimum Gasteiger partial charge on any atom is -0.383 e. The second-order valence-corrected chi connectivity index (χ2v) is 5.20. The van der Waals surface area contributed by atoms with Gasteiger partial charge in [-0.25, -0.2) is 9.37 Å². The van der Waals surface area contributed by atoms with Crippen molar-refractivity contribution in [3.05, 3.63) is 35.4 Å². The van der Waals surface area contributed by atoms with Crippen LogP contribution in [-0.2, 0) is 11.3 Å². The van der Waals surface area contributed by atoms with Crippen molar-refractivity contribution in [3.63, 3.8) is 0 Å². The fraction of sp³-hybridized carbons (Fsp3) is 0.385. The Balaban J connectivity index is 2.09. The maximum Gasteiger partial charge on any atom is 0.213 e. The van der Waals surface area contributed by atoms with Gasteiger partial charge in [-0.05, 0) is 30.8 Å². The molecule has 0 fully saturated rings. The van der Waals surface area contributed by atoms with Crippen molar-refractivity contribution >= 4 is 11.8 Å². The zero-order valence-electron chi connectivity index (χ0n) is 11.4. The number of ether oxygens (including phenoxy) is 1. The summed E-state index contributed by atoms with van der Waals surface area (Å²) in [5.41, 5.74) is 0.621. The van der Waals surface area contributed by atoms with Crippen LogP contribution in [-0.4, -0.2) is 35.4 Å². The summed E-state index contributed by atoms with van der Waals surface area (Å²) in [5.74, 6) is 0.510. The van der Waals surface area contributed by atoms with E-state index in [1.54, 1.807) is 13.2 Å². The van der Waals surface area contributed by atoms with E-state index in [4.69, 9.17) is 4.74 Å². The highest BCUT2D eigenvalue weighted by molar-refractivity contribution is 7.99. The summed E-state index contributed by atoms with van der Waals surface area (Å²) in [6.45, 7) is 3.55. The second-order valence-electron chi connectivity index (χ2n) is 4.19. The number of aromatic amines is 1. The molecule has 1 aromatic heterocycles. The fourth-order valence-electron chi connectivity index (χ4n) is 1.66. The summed E-state index contributed by atoms with van der Waals surface area (Å²) in [5, 5.41) is 10.6. The van der Waals surface area contributed by atoms with E-state index in [-0.39, 0.29) is 5.82 Å². The molecule has 0 amide bonds. The van der Waals surface area contributed by atoms with Crippen LogP contribution in [0.15, 0.2) is 28.3 Å². The molecule has 2 aromatic rings. The van der Waals surface area contributed by atoms with Crippen molar-refractivity contribution in [2.75, 3.05) is 20.3 Å². The van der Waals surface area contributed by atoms with Crippen molar-refractivity contribution in [1.82, 2.24) is 20.5 Å². The van der Waals surface area contributed by atoms with E-state index < -0.39 is 0 Å². The van der Waals surface area contributed by atoms with Crippen LogP contribution < -0.4 is 5.32 Å². The summed E-state index contributed by atoms with van der Waals surface area (Å²) >= 11 is 1.35. The Labute approximate surface area is 121 Å². The fourth-order valence-corrected chi connectivity index (χ4v) is 2.57. The lowest BCUT2D eigenvalue weighted by atomic mass is 10.2. The largest absolute Gasteiger partial charge is 0.383 e. The quantitative estimate of drug-likeness (QED) is 0.767. The van der Waals surface area contributed by atoms with Crippen molar-refractivity contribution in [2.45, 2.75) is 23.5 Å². The number of aromatic nitrogens is 3. The molecule has 0 radical (unpaired) electrons. The first kappa shape index (κ1) is 15.0. The maximum absolute atomic E-state index is 13.9. The number of aryl methyl sites for hydroxylation is 1. The summed E-state index contributed by atoms with van der Waals surface area (Å²) in [6, 6.07) is 5.02. The molecule has 1 heterocycles. The average molecular weight is 296 g/mol. The molecule has 2 rings (SSSR count). The van der Waals surface area contributed by atoms with Gasteiger partial charge in [0.15, 0.2) is 0 Å². The summed E-state index contributed by atoms with van der Waals surface area (Å²) in [7, 11) is 1.64. The van der Waals surface area contributed by atoms with E-state index in [0.717, 1.165) is 10.7 Å². The number of halogens is 1. The van der Waals surface area contributed by atoms with E-state index in [2.05, 4.69) is 20.5 Å². The number of nitrogens with one attached hydrogen (secondary N) is 2. The molecule has 1 aromatic carbocycles. The van der Waals surface area contributed by atoms with Crippen LogP contribution in [0.2, 0.25) is 0 Å². The lowest BCUT2D eigenvalue weighted by molar-refractivity contribution is 0.199. The number of nitrogens with zero attached hydrogens (tertiary/aromatic N) is 2. The number of H-pyrrole nitrogens is 1. The van der Waals surface area contributed by atoms with Crippen LogP contribution in [0.25, 0.3) is 0 Å². The van der Waals surface area contributed by atoms with Crippen LogP contribution in [0.5, 0.6) is 0 Å². The molecule has 0 bridgehead atoms. The van der Waals surface area contributed by atoms with Gasteiger partial charge >= 0.3 is 0 Å². The number of hydrogen-bond donors (Lipinski definition) is 2. The minimum absolute atomic E-state index is 0.229. The van der Waals surface area contributed by atoms with Gasteiger partial charge in [-0.2, -0.15) is 0 Å². The highest BCUT2D eigenvalue weighted by Crippen LogP contribution is 2.29. The molecule has 0 aliphatic heterocycles. The van der Waals surface area contributed by atoms with Gasteiger partial charge in [0.1, 0.15) is 11.6 Å². The second kappa shape index (κ2) is 7.37. The average Bonchev–Trinajstić information content (AvgIpc) is 2.83. The summed E-state index contributed by atoms with van der Waals surface area (Å²) in [6.07, 6.45) is 0. The molecule has 0 saturated heterocycles. The highest BCUT2D eigenvalue weighted by atomic mass is 32.2. The number of rotatable bonds is 7. The van der Waals surface area contributed by atoms with Gasteiger partial charge in [0.25, 0.3) is 0 Å². The third-order valence-electron chi connectivity index (χ3n) is 2.64. The molecule has 0 aliphatic carbocycles. The van der Waals surface area contributed by atoms with Gasteiger partial charge in [-0.1, -0.05) is 6.07 Å². The molecule has 7 heteroatoms. The standard InChI is InChI=1S/C13H17FN4OS/c1-9-16-13(18-17-9)20-12-5-3-4-11(14)10(12)8-15-6-7-19-2/h3-5,15H,6-8H2,1-2H3,(H,16,17,18). The lowest BCUT2D eigenvalue weighted by Crippen LogP contribution is -2.19. The van der Waals surface area contributed by atoms with Crippen molar-refractivity contribution in [1.29, 1.82) is 0 Å². The first-order valence-corrected chi connectivity index (χ1v) is 7.06. The van der Waals surface area contributed by atoms with Gasteiger partial charge in [0.2, 0.25) is 5.16 Å². The van der Waals surface area contributed by atoms with E-state index in [1.807, 2.05) is 13.0 Å². The monoisotopic (exact) mass is 296 g/mol. The Morgan fingerprint density at radius 2 is 2.30 bits per heavy atom. The van der Waals surface area contributed by atoms with Crippen LogP contribution in [0.4, 0.5) is 4.39 Å². The minimum atomic E-state index is -0.229. The van der Waals surface area contributed by atoms with Gasteiger partial charge in [-0.15, -0.1) is 5.10 Å². The van der Waals surface area contributed by atoms with Crippen LogP contribution >= 0.6 is 11.8 Å². The molecule has 0 atom stereocenters. The van der Waals surface area contributed by atoms with E-state index in [1.165, 1.54) is 17.8 Å². The first-order chi connectivity index (χ1) is 9.70. The highest BCUT2D eigenvalue weighted by Gasteiger charge is 2.11. The Bertz CT molecular complexity index is 561. The Kier molecular flexibility index (Phi) is 5.51.